The van der Waals surface area contributed by atoms with Crippen molar-refractivity contribution in [3.05, 3.63) is 41.7 Å². The highest BCUT2D eigenvalue weighted by Gasteiger charge is 2.06. The van der Waals surface area contributed by atoms with E-state index in [1.165, 1.54) is 16.7 Å². The van der Waals surface area contributed by atoms with Gasteiger partial charge in [0, 0.05) is 18.3 Å². The number of nitrogens with two attached hydrogens (primary N) is 1. The van der Waals surface area contributed by atoms with E-state index in [-0.39, 0.29) is 0 Å². The number of hydrogen-bond acceptors (Lipinski definition) is 2. The summed E-state index contributed by atoms with van der Waals surface area (Å²) in [7, 11) is 0. The molecule has 0 saturated carbocycles. The minimum atomic E-state index is 0.620. The van der Waals surface area contributed by atoms with Crippen LogP contribution in [0, 0.1) is 6.92 Å². The largest absolute Gasteiger partial charge is 0.329 e. The minimum absolute atomic E-state index is 0.620. The molecule has 2 N–H and O–H groups in total. The summed E-state index contributed by atoms with van der Waals surface area (Å²) < 4.78 is 1.92. The van der Waals surface area contributed by atoms with Gasteiger partial charge in [0.2, 0.25) is 0 Å². The predicted molar refractivity (Wildman–Crippen MR) is 70.8 cm³/mol. The van der Waals surface area contributed by atoms with Crippen LogP contribution in [0.4, 0.5) is 0 Å². The molecule has 1 aromatic carbocycles. The van der Waals surface area contributed by atoms with Gasteiger partial charge in [0.1, 0.15) is 0 Å². The molecule has 0 amide bonds. The summed E-state index contributed by atoms with van der Waals surface area (Å²) >= 11 is 0. The average Bonchev–Trinajstić information content (AvgIpc) is 2.71. The summed E-state index contributed by atoms with van der Waals surface area (Å²) in [5.41, 5.74) is 10.4. The molecule has 90 valence electrons. The molecule has 3 heteroatoms. The molecule has 0 radical (unpaired) electrons. The molecule has 0 fully saturated rings. The van der Waals surface area contributed by atoms with E-state index in [0.717, 1.165) is 18.7 Å². The van der Waals surface area contributed by atoms with Crippen molar-refractivity contribution >= 4 is 0 Å². The molecule has 17 heavy (non-hydrogen) atoms. The molecular weight excluding hydrogens is 210 g/mol. The van der Waals surface area contributed by atoms with Gasteiger partial charge in [-0.15, -0.1) is 0 Å². The zero-order valence-electron chi connectivity index (χ0n) is 10.5. The number of aryl methyl sites for hydroxylation is 2. The summed E-state index contributed by atoms with van der Waals surface area (Å²) in [6.07, 6.45) is 3.15. The summed E-state index contributed by atoms with van der Waals surface area (Å²) in [5, 5.41) is 4.46. The molecular formula is C14H19N3. The molecule has 1 heterocycles. The van der Waals surface area contributed by atoms with Crippen LogP contribution in [0.5, 0.6) is 0 Å². The second kappa shape index (κ2) is 5.15. The van der Waals surface area contributed by atoms with Crippen molar-refractivity contribution in [2.75, 3.05) is 6.54 Å². The average molecular weight is 229 g/mol. The summed E-state index contributed by atoms with van der Waals surface area (Å²) in [5.74, 6) is 0. The Bertz CT molecular complexity index is 483. The zero-order chi connectivity index (χ0) is 12.3. The van der Waals surface area contributed by atoms with Gasteiger partial charge in [0.05, 0.1) is 12.2 Å². The van der Waals surface area contributed by atoms with Gasteiger partial charge in [-0.1, -0.05) is 31.2 Å². The lowest BCUT2D eigenvalue weighted by Crippen LogP contribution is -2.10. The van der Waals surface area contributed by atoms with Crippen LogP contribution in [0.3, 0.4) is 0 Å². The lowest BCUT2D eigenvalue weighted by Gasteiger charge is -2.01. The molecule has 0 aliphatic rings. The van der Waals surface area contributed by atoms with Crippen LogP contribution in [-0.4, -0.2) is 16.3 Å². The minimum Gasteiger partial charge on any atom is -0.329 e. The molecule has 0 aliphatic heterocycles. The monoisotopic (exact) mass is 229 g/mol. The summed E-state index contributed by atoms with van der Waals surface area (Å²) in [6, 6.07) is 8.68. The first-order valence-electron chi connectivity index (χ1n) is 6.08. The maximum atomic E-state index is 5.54. The molecule has 0 saturated heterocycles. The van der Waals surface area contributed by atoms with Gasteiger partial charge in [0.25, 0.3) is 0 Å². The molecule has 1 aromatic heterocycles. The Balaban J connectivity index is 2.31. The molecule has 0 unspecified atom stereocenters. The predicted octanol–water partition coefficient (Wildman–Crippen LogP) is 2.38. The van der Waals surface area contributed by atoms with Crippen molar-refractivity contribution in [2.24, 2.45) is 5.73 Å². The number of aromatic nitrogens is 2. The van der Waals surface area contributed by atoms with Gasteiger partial charge in [-0.05, 0) is 24.5 Å². The highest BCUT2D eigenvalue weighted by atomic mass is 15.3. The second-order valence-electron chi connectivity index (χ2n) is 4.23. The highest BCUT2D eigenvalue weighted by molar-refractivity contribution is 5.65. The van der Waals surface area contributed by atoms with Gasteiger partial charge in [-0.2, -0.15) is 5.10 Å². The van der Waals surface area contributed by atoms with Crippen molar-refractivity contribution < 1.29 is 0 Å². The van der Waals surface area contributed by atoms with Crippen molar-refractivity contribution in [3.8, 4) is 11.1 Å². The standard InChI is InChI=1S/C14H19N3/c1-3-12-4-6-13(7-5-12)14-10-17(9-8-15)16-11(14)2/h4-7,10H,3,8-9,15H2,1-2H3. The summed E-state index contributed by atoms with van der Waals surface area (Å²) in [4.78, 5) is 0. The van der Waals surface area contributed by atoms with Crippen molar-refractivity contribution in [2.45, 2.75) is 26.8 Å². The van der Waals surface area contributed by atoms with Crippen LogP contribution in [0.2, 0.25) is 0 Å². The van der Waals surface area contributed by atoms with Gasteiger partial charge in [-0.3, -0.25) is 4.68 Å². The Morgan fingerprint density at radius 1 is 1.24 bits per heavy atom. The van der Waals surface area contributed by atoms with E-state index in [0.29, 0.717) is 6.54 Å². The van der Waals surface area contributed by atoms with Crippen molar-refractivity contribution in [3.63, 3.8) is 0 Å². The second-order valence-corrected chi connectivity index (χ2v) is 4.23. The van der Waals surface area contributed by atoms with Gasteiger partial charge in [-0.25, -0.2) is 0 Å². The SMILES string of the molecule is CCc1ccc(-c2cn(CCN)nc2C)cc1. The first-order valence-corrected chi connectivity index (χ1v) is 6.08. The third-order valence-corrected chi connectivity index (χ3v) is 2.98. The smallest absolute Gasteiger partial charge is 0.0672 e. The fraction of sp³-hybridized carbons (Fsp3) is 0.357. The highest BCUT2D eigenvalue weighted by Crippen LogP contribution is 2.22. The lowest BCUT2D eigenvalue weighted by atomic mass is 10.0. The summed E-state index contributed by atoms with van der Waals surface area (Å²) in [6.45, 7) is 5.60. The van der Waals surface area contributed by atoms with Crippen LogP contribution < -0.4 is 5.73 Å². The topological polar surface area (TPSA) is 43.8 Å². The molecule has 3 nitrogen and oxygen atoms in total. The van der Waals surface area contributed by atoms with Crippen molar-refractivity contribution in [1.82, 2.24) is 9.78 Å². The normalized spacial score (nSPS) is 10.8. The van der Waals surface area contributed by atoms with Crippen molar-refractivity contribution in [1.29, 1.82) is 0 Å². The first kappa shape index (κ1) is 11.9. The van der Waals surface area contributed by atoms with Crippen LogP contribution in [0.1, 0.15) is 18.2 Å². The van der Waals surface area contributed by atoms with E-state index in [2.05, 4.69) is 42.5 Å². The maximum Gasteiger partial charge on any atom is 0.0672 e. The molecule has 0 spiro atoms. The molecule has 0 atom stereocenters. The van der Waals surface area contributed by atoms with Gasteiger partial charge in [0.15, 0.2) is 0 Å². The number of benzene rings is 1. The van der Waals surface area contributed by atoms with Crippen LogP contribution >= 0.6 is 0 Å². The fourth-order valence-electron chi connectivity index (χ4n) is 1.97. The molecule has 2 aromatic rings. The van der Waals surface area contributed by atoms with Crippen LogP contribution in [0.25, 0.3) is 11.1 Å². The molecule has 0 aliphatic carbocycles. The Morgan fingerprint density at radius 2 is 1.94 bits per heavy atom. The Morgan fingerprint density at radius 3 is 2.53 bits per heavy atom. The lowest BCUT2D eigenvalue weighted by molar-refractivity contribution is 0.620. The van der Waals surface area contributed by atoms with E-state index in [9.17, 15) is 0 Å². The number of rotatable bonds is 4. The zero-order valence-corrected chi connectivity index (χ0v) is 10.5. The van der Waals surface area contributed by atoms with E-state index in [1.807, 2.05) is 11.6 Å². The van der Waals surface area contributed by atoms with E-state index < -0.39 is 0 Å². The number of nitrogens with zero attached hydrogens (tertiary/aromatic N) is 2. The third kappa shape index (κ3) is 2.56. The van der Waals surface area contributed by atoms with E-state index >= 15 is 0 Å². The van der Waals surface area contributed by atoms with Gasteiger partial charge < -0.3 is 5.73 Å². The van der Waals surface area contributed by atoms with E-state index in [4.69, 9.17) is 5.73 Å². The quantitative estimate of drug-likeness (QED) is 0.874. The Kier molecular flexibility index (Phi) is 3.59. The third-order valence-electron chi connectivity index (χ3n) is 2.98. The number of hydrogen-bond donors (Lipinski definition) is 1. The van der Waals surface area contributed by atoms with Crippen LogP contribution in [-0.2, 0) is 13.0 Å². The Labute approximate surface area is 102 Å². The first-order chi connectivity index (χ1) is 8.24. The fourth-order valence-corrected chi connectivity index (χ4v) is 1.97. The maximum absolute atomic E-state index is 5.54. The Hall–Kier alpha value is -1.61. The van der Waals surface area contributed by atoms with E-state index in [1.54, 1.807) is 0 Å². The molecule has 0 bridgehead atoms. The molecule has 2 rings (SSSR count). The van der Waals surface area contributed by atoms with Gasteiger partial charge >= 0.3 is 0 Å². The van der Waals surface area contributed by atoms with Crippen LogP contribution in [0.15, 0.2) is 30.5 Å².